The molecule has 188 valence electrons. The number of aryl methyl sites for hydroxylation is 2. The number of benzene rings is 1. The highest BCUT2D eigenvalue weighted by Gasteiger charge is 2.26. The summed E-state index contributed by atoms with van der Waals surface area (Å²) in [5, 5.41) is 11.8. The molecule has 0 saturated heterocycles. The maximum Gasteiger partial charge on any atom is 0.326 e. The van der Waals surface area contributed by atoms with Crippen LogP contribution >= 0.6 is 48.0 Å². The Kier molecular flexibility index (Phi) is 14.1. The van der Waals surface area contributed by atoms with Gasteiger partial charge in [0.05, 0.1) is 17.1 Å². The molecule has 0 aliphatic carbocycles. The molecule has 1 aromatic carbocycles. The molecule has 2 aromatic rings. The summed E-state index contributed by atoms with van der Waals surface area (Å²) in [5.41, 5.74) is 8.83. The summed E-state index contributed by atoms with van der Waals surface area (Å²) in [6.45, 7) is 4.85. The van der Waals surface area contributed by atoms with Crippen molar-refractivity contribution in [3.8, 4) is 0 Å². The molecule has 33 heavy (non-hydrogen) atoms. The van der Waals surface area contributed by atoms with Crippen molar-refractivity contribution in [3.63, 3.8) is 0 Å². The van der Waals surface area contributed by atoms with Crippen LogP contribution in [0.25, 0.3) is 11.0 Å². The average molecular weight is 545 g/mol. The summed E-state index contributed by atoms with van der Waals surface area (Å²) in [6, 6.07) is 4.24. The first-order valence-electron chi connectivity index (χ1n) is 10.3. The molecule has 1 heterocycles. The van der Waals surface area contributed by atoms with E-state index < -0.39 is 24.0 Å². The molecule has 2 atom stereocenters. The van der Waals surface area contributed by atoms with Crippen LogP contribution in [0.4, 0.5) is 5.69 Å². The number of carbonyl (C=O) groups excluding carboxylic acids is 1. The minimum atomic E-state index is -1.07. The molecule has 0 fully saturated rings. The second kappa shape index (κ2) is 14.7. The van der Waals surface area contributed by atoms with Crippen LogP contribution in [0.15, 0.2) is 18.2 Å². The summed E-state index contributed by atoms with van der Waals surface area (Å²) in [4.78, 5) is 30.4. The van der Waals surface area contributed by atoms with Gasteiger partial charge in [0, 0.05) is 44.0 Å². The molecule has 0 bridgehead atoms. The van der Waals surface area contributed by atoms with Gasteiger partial charge in [0.1, 0.15) is 11.9 Å². The van der Waals surface area contributed by atoms with Gasteiger partial charge in [-0.25, -0.2) is 9.78 Å². The molecule has 0 unspecified atom stereocenters. The van der Waals surface area contributed by atoms with Crippen LogP contribution in [0.3, 0.4) is 0 Å². The van der Waals surface area contributed by atoms with Crippen molar-refractivity contribution in [2.75, 3.05) is 29.7 Å². The van der Waals surface area contributed by atoms with E-state index in [1.54, 1.807) is 13.8 Å². The molecular formula is C21H33Cl4N5O3. The number of nitrogens with two attached hydrogens (primary N) is 1. The number of aromatic nitrogens is 2. The van der Waals surface area contributed by atoms with Crippen LogP contribution in [-0.4, -0.2) is 63.5 Å². The Hall–Kier alpha value is -1.45. The lowest BCUT2D eigenvalue weighted by atomic mass is 10.0. The molecule has 0 aliphatic rings. The van der Waals surface area contributed by atoms with E-state index in [-0.39, 0.29) is 30.7 Å². The average Bonchev–Trinajstić information content (AvgIpc) is 3.04. The molecule has 0 saturated carbocycles. The summed E-state index contributed by atoms with van der Waals surface area (Å²) in [5.74, 6) is 0.0261. The minimum absolute atomic E-state index is 0. The fourth-order valence-corrected chi connectivity index (χ4v) is 3.83. The number of amides is 1. The normalized spacial score (nSPS) is 12.6. The molecule has 12 heteroatoms. The van der Waals surface area contributed by atoms with Gasteiger partial charge in [-0.05, 0) is 30.5 Å². The Morgan fingerprint density at radius 2 is 1.82 bits per heavy atom. The van der Waals surface area contributed by atoms with Gasteiger partial charge in [-0.15, -0.1) is 48.0 Å². The molecule has 1 aromatic heterocycles. The zero-order valence-corrected chi connectivity index (χ0v) is 22.1. The van der Waals surface area contributed by atoms with E-state index in [0.717, 1.165) is 22.5 Å². The molecule has 8 nitrogen and oxygen atoms in total. The van der Waals surface area contributed by atoms with Gasteiger partial charge in [-0.3, -0.25) is 4.79 Å². The summed E-state index contributed by atoms with van der Waals surface area (Å²) in [6.07, 6.45) is 0.840. The van der Waals surface area contributed by atoms with E-state index in [1.165, 1.54) is 0 Å². The number of carboxylic acid groups (broad SMARTS) is 1. The Bertz CT molecular complexity index is 903. The lowest BCUT2D eigenvalue weighted by Crippen LogP contribution is -2.50. The number of hydrogen-bond acceptors (Lipinski definition) is 5. The molecule has 0 aliphatic heterocycles. The van der Waals surface area contributed by atoms with Gasteiger partial charge in [0.25, 0.3) is 0 Å². The van der Waals surface area contributed by atoms with Crippen LogP contribution in [-0.2, 0) is 23.1 Å². The van der Waals surface area contributed by atoms with E-state index in [0.29, 0.717) is 37.7 Å². The summed E-state index contributed by atoms with van der Waals surface area (Å²) in [7, 11) is 1.92. The van der Waals surface area contributed by atoms with Crippen LogP contribution in [0, 0.1) is 5.92 Å². The number of nitrogens with one attached hydrogen (secondary N) is 1. The highest BCUT2D eigenvalue weighted by molar-refractivity contribution is 6.18. The standard InChI is InChI=1S/C21H31Cl2N5O3.2ClH/c1-13(2)19(21(30)31)26-20(29)15(24)5-7-18-25-16-12-14(4-6-17(16)27(18)3)28(10-8-22)11-9-23;;/h4,6,12-13,15,19H,5,7-11,24H2,1-3H3,(H,26,29)(H,30,31);2*1H/t15-,19-;;/m0../s1. The fraction of sp³-hybridized carbons (Fsp3) is 0.571. The fourth-order valence-electron chi connectivity index (χ4n) is 3.42. The zero-order chi connectivity index (χ0) is 23.1. The van der Waals surface area contributed by atoms with Crippen molar-refractivity contribution < 1.29 is 14.7 Å². The molecule has 0 radical (unpaired) electrons. The largest absolute Gasteiger partial charge is 0.480 e. The first-order valence-corrected chi connectivity index (χ1v) is 11.4. The van der Waals surface area contributed by atoms with E-state index >= 15 is 0 Å². The molecule has 1 amide bonds. The smallest absolute Gasteiger partial charge is 0.326 e. The topological polar surface area (TPSA) is 113 Å². The molecular weight excluding hydrogens is 512 g/mol. The van der Waals surface area contributed by atoms with Gasteiger partial charge >= 0.3 is 5.97 Å². The first kappa shape index (κ1) is 31.6. The van der Waals surface area contributed by atoms with Crippen molar-refractivity contribution in [2.45, 2.75) is 38.8 Å². The number of rotatable bonds is 12. The highest BCUT2D eigenvalue weighted by Crippen LogP contribution is 2.23. The van der Waals surface area contributed by atoms with Crippen molar-refractivity contribution in [1.82, 2.24) is 14.9 Å². The highest BCUT2D eigenvalue weighted by atomic mass is 35.5. The number of halogens is 4. The van der Waals surface area contributed by atoms with Gasteiger partial charge in [-0.2, -0.15) is 0 Å². The lowest BCUT2D eigenvalue weighted by Gasteiger charge is -2.22. The monoisotopic (exact) mass is 543 g/mol. The van der Waals surface area contributed by atoms with Crippen LogP contribution in [0.1, 0.15) is 26.1 Å². The Labute approximate surface area is 217 Å². The van der Waals surface area contributed by atoms with Crippen molar-refractivity contribution in [1.29, 1.82) is 0 Å². The number of nitrogens with zero attached hydrogens (tertiary/aromatic N) is 3. The summed E-state index contributed by atoms with van der Waals surface area (Å²) >= 11 is 11.8. The Morgan fingerprint density at radius 3 is 2.33 bits per heavy atom. The molecule has 0 spiro atoms. The zero-order valence-electron chi connectivity index (χ0n) is 19.0. The minimum Gasteiger partial charge on any atom is -0.480 e. The second-order valence-corrected chi connectivity index (χ2v) is 8.59. The molecule has 2 rings (SSSR count). The van der Waals surface area contributed by atoms with E-state index in [1.807, 2.05) is 29.8 Å². The number of alkyl halides is 2. The molecule has 4 N–H and O–H groups in total. The SMILES string of the molecule is CC(C)[C@H](NC(=O)[C@@H](N)CCc1nc2cc(N(CCCl)CCCl)ccc2n1C)C(=O)O.Cl.Cl. The van der Waals surface area contributed by atoms with Crippen molar-refractivity contribution >= 4 is 76.6 Å². The lowest BCUT2D eigenvalue weighted by molar-refractivity contribution is -0.143. The van der Waals surface area contributed by atoms with Crippen molar-refractivity contribution in [2.24, 2.45) is 18.7 Å². The maximum absolute atomic E-state index is 12.3. The summed E-state index contributed by atoms with van der Waals surface area (Å²) < 4.78 is 1.98. The second-order valence-electron chi connectivity index (χ2n) is 7.84. The third-order valence-electron chi connectivity index (χ3n) is 5.28. The van der Waals surface area contributed by atoms with Gasteiger partial charge in [-0.1, -0.05) is 13.8 Å². The number of carboxylic acids is 1. The van der Waals surface area contributed by atoms with Crippen LogP contribution < -0.4 is 16.0 Å². The number of imidazole rings is 1. The third-order valence-corrected chi connectivity index (χ3v) is 5.62. The van der Waals surface area contributed by atoms with E-state index in [4.69, 9.17) is 33.9 Å². The maximum atomic E-state index is 12.3. The van der Waals surface area contributed by atoms with Crippen LogP contribution in [0.2, 0.25) is 0 Å². The van der Waals surface area contributed by atoms with Crippen molar-refractivity contribution in [3.05, 3.63) is 24.0 Å². The number of aliphatic carboxylic acids is 1. The van der Waals surface area contributed by atoms with Gasteiger partial charge in [0.15, 0.2) is 0 Å². The predicted octanol–water partition coefficient (Wildman–Crippen LogP) is 3.19. The predicted molar refractivity (Wildman–Crippen MR) is 140 cm³/mol. The van der Waals surface area contributed by atoms with E-state index in [2.05, 4.69) is 10.2 Å². The Balaban J connectivity index is 0.00000512. The quantitative estimate of drug-likeness (QED) is 0.354. The van der Waals surface area contributed by atoms with E-state index in [9.17, 15) is 14.7 Å². The van der Waals surface area contributed by atoms with Gasteiger partial charge < -0.3 is 25.6 Å². The number of carbonyl (C=O) groups is 2. The van der Waals surface area contributed by atoms with Crippen LogP contribution in [0.5, 0.6) is 0 Å². The number of fused-ring (bicyclic) bond motifs is 1. The van der Waals surface area contributed by atoms with Gasteiger partial charge in [0.2, 0.25) is 5.91 Å². The third kappa shape index (κ3) is 8.37. The Morgan fingerprint density at radius 1 is 1.21 bits per heavy atom. The first-order chi connectivity index (χ1) is 14.7. The number of hydrogen-bond donors (Lipinski definition) is 3. The number of anilines is 1.